The van der Waals surface area contributed by atoms with Gasteiger partial charge in [0.1, 0.15) is 12.1 Å². The lowest BCUT2D eigenvalue weighted by Crippen LogP contribution is -2.15. The van der Waals surface area contributed by atoms with E-state index in [2.05, 4.69) is 36.5 Å². The molecule has 0 bridgehead atoms. The van der Waals surface area contributed by atoms with Gasteiger partial charge in [-0.15, -0.1) is 0 Å². The predicted molar refractivity (Wildman–Crippen MR) is 127 cm³/mol. The van der Waals surface area contributed by atoms with Crippen LogP contribution < -0.4 is 20.1 Å². The van der Waals surface area contributed by atoms with Gasteiger partial charge in [-0.25, -0.2) is 14.4 Å². The van der Waals surface area contributed by atoms with Gasteiger partial charge in [0, 0.05) is 15.9 Å². The number of nitrogens with zero attached hydrogens (tertiary/aromatic N) is 2. The summed E-state index contributed by atoms with van der Waals surface area (Å²) in [5.41, 5.74) is 0.896. The number of methoxy groups -OCH3 is 1. The third-order valence-corrected chi connectivity index (χ3v) is 7.69. The molecule has 1 saturated carbocycles. The minimum absolute atomic E-state index is 0.00784. The zero-order valence-electron chi connectivity index (χ0n) is 17.5. The predicted octanol–water partition coefficient (Wildman–Crippen LogP) is 5.56. The normalized spacial score (nSPS) is 22.2. The number of rotatable bonds is 6. The fourth-order valence-electron chi connectivity index (χ4n) is 4.82. The molecule has 6 nitrogen and oxygen atoms in total. The maximum Gasteiger partial charge on any atom is 0.166 e. The minimum atomic E-state index is -0.559. The van der Waals surface area contributed by atoms with Gasteiger partial charge in [-0.1, -0.05) is 11.6 Å². The lowest BCUT2D eigenvalue weighted by molar-refractivity contribution is 0.234. The first-order chi connectivity index (χ1) is 15.5. The molecule has 0 spiro atoms. The third kappa shape index (κ3) is 4.11. The Morgan fingerprint density at radius 1 is 1.19 bits per heavy atom. The van der Waals surface area contributed by atoms with Crippen molar-refractivity contribution in [3.63, 3.8) is 0 Å². The van der Waals surface area contributed by atoms with Crippen LogP contribution in [-0.4, -0.2) is 36.8 Å². The highest BCUT2D eigenvalue weighted by molar-refractivity contribution is 9.10. The Kier molecular flexibility index (Phi) is 6.09. The Balaban J connectivity index is 1.39. The number of hydrogen-bond donors (Lipinski definition) is 2. The van der Waals surface area contributed by atoms with E-state index in [0.717, 1.165) is 24.9 Å². The minimum Gasteiger partial charge on any atom is -0.493 e. The van der Waals surface area contributed by atoms with Crippen LogP contribution in [0.15, 0.2) is 35.1 Å². The quantitative estimate of drug-likeness (QED) is 0.414. The van der Waals surface area contributed by atoms with Crippen molar-refractivity contribution in [2.45, 2.75) is 12.8 Å². The van der Waals surface area contributed by atoms with Gasteiger partial charge in [0.15, 0.2) is 17.3 Å². The number of fused-ring (bicyclic) bond motifs is 2. The highest BCUT2D eigenvalue weighted by atomic mass is 79.9. The van der Waals surface area contributed by atoms with E-state index in [9.17, 15) is 4.39 Å². The van der Waals surface area contributed by atoms with Crippen molar-refractivity contribution in [1.82, 2.24) is 15.3 Å². The smallest absolute Gasteiger partial charge is 0.166 e. The standard InChI is InChI=1S/C23H23BrClFN4O2/c1-31-19-6-15-18(7-20(19)32-10-12-4-13-8-27-9-14(13)5-12)28-11-29-23(15)30-17-3-2-16(24)21(25)22(17)26/h2-3,6-7,11-14,27H,4-5,8-10H2,1H3,(H,28,29,30). The third-order valence-electron chi connectivity index (χ3n) is 6.44. The van der Waals surface area contributed by atoms with E-state index in [1.165, 1.54) is 19.2 Å². The van der Waals surface area contributed by atoms with Crippen LogP contribution >= 0.6 is 27.5 Å². The van der Waals surface area contributed by atoms with Gasteiger partial charge < -0.3 is 20.1 Å². The summed E-state index contributed by atoms with van der Waals surface area (Å²) in [6.07, 6.45) is 3.83. The topological polar surface area (TPSA) is 68.3 Å². The summed E-state index contributed by atoms with van der Waals surface area (Å²) >= 11 is 9.25. The van der Waals surface area contributed by atoms with Crippen molar-refractivity contribution in [3.05, 3.63) is 45.9 Å². The highest BCUT2D eigenvalue weighted by Crippen LogP contribution is 2.40. The molecule has 5 rings (SSSR count). The van der Waals surface area contributed by atoms with E-state index < -0.39 is 5.82 Å². The second-order valence-corrected chi connectivity index (χ2v) is 9.65. The molecule has 1 aliphatic carbocycles. The van der Waals surface area contributed by atoms with E-state index in [4.69, 9.17) is 21.1 Å². The molecule has 1 aromatic heterocycles. The van der Waals surface area contributed by atoms with Crippen LogP contribution in [0.25, 0.3) is 10.9 Å². The molecule has 2 heterocycles. The van der Waals surface area contributed by atoms with Crippen molar-refractivity contribution in [2.24, 2.45) is 17.8 Å². The molecule has 2 unspecified atom stereocenters. The van der Waals surface area contributed by atoms with Crippen molar-refractivity contribution >= 4 is 49.9 Å². The van der Waals surface area contributed by atoms with Crippen LogP contribution in [0.4, 0.5) is 15.9 Å². The Morgan fingerprint density at radius 2 is 1.97 bits per heavy atom. The Morgan fingerprint density at radius 3 is 2.72 bits per heavy atom. The Labute approximate surface area is 199 Å². The van der Waals surface area contributed by atoms with Crippen LogP contribution in [0.2, 0.25) is 5.02 Å². The first-order valence-electron chi connectivity index (χ1n) is 10.6. The second-order valence-electron chi connectivity index (χ2n) is 8.42. The lowest BCUT2D eigenvalue weighted by Gasteiger charge is -2.17. The number of anilines is 2. The molecule has 2 N–H and O–H groups in total. The molecule has 32 heavy (non-hydrogen) atoms. The van der Waals surface area contributed by atoms with Crippen molar-refractivity contribution in [3.8, 4) is 11.5 Å². The van der Waals surface area contributed by atoms with Crippen LogP contribution in [0.1, 0.15) is 12.8 Å². The summed E-state index contributed by atoms with van der Waals surface area (Å²) in [4.78, 5) is 8.67. The summed E-state index contributed by atoms with van der Waals surface area (Å²) in [7, 11) is 1.60. The van der Waals surface area contributed by atoms with Crippen LogP contribution in [0.3, 0.4) is 0 Å². The van der Waals surface area contributed by atoms with Crippen molar-refractivity contribution in [2.75, 3.05) is 32.1 Å². The maximum absolute atomic E-state index is 14.6. The van der Waals surface area contributed by atoms with E-state index >= 15 is 0 Å². The molecule has 3 aromatic rings. The van der Waals surface area contributed by atoms with Gasteiger partial charge in [0.2, 0.25) is 0 Å². The van der Waals surface area contributed by atoms with Crippen LogP contribution in [0.5, 0.6) is 11.5 Å². The van der Waals surface area contributed by atoms with E-state index in [1.807, 2.05) is 12.1 Å². The second kappa shape index (κ2) is 9.00. The summed E-state index contributed by atoms with van der Waals surface area (Å²) < 4.78 is 26.8. The van der Waals surface area contributed by atoms with Gasteiger partial charge in [-0.05, 0) is 77.8 Å². The van der Waals surface area contributed by atoms with Gasteiger partial charge in [-0.2, -0.15) is 0 Å². The van der Waals surface area contributed by atoms with Crippen molar-refractivity contribution < 1.29 is 13.9 Å². The summed E-state index contributed by atoms with van der Waals surface area (Å²) in [5.74, 6) is 3.24. The molecule has 9 heteroatoms. The highest BCUT2D eigenvalue weighted by Gasteiger charge is 2.37. The number of benzene rings is 2. The van der Waals surface area contributed by atoms with Crippen molar-refractivity contribution in [1.29, 1.82) is 0 Å². The molecule has 2 fully saturated rings. The van der Waals surface area contributed by atoms with Crippen LogP contribution in [0, 0.1) is 23.6 Å². The first-order valence-corrected chi connectivity index (χ1v) is 11.8. The maximum atomic E-state index is 14.6. The van der Waals surface area contributed by atoms with Gasteiger partial charge in [0.25, 0.3) is 0 Å². The molecule has 168 valence electrons. The largest absolute Gasteiger partial charge is 0.493 e. The van der Waals surface area contributed by atoms with Gasteiger partial charge >= 0.3 is 0 Å². The monoisotopic (exact) mass is 520 g/mol. The molecular weight excluding hydrogens is 499 g/mol. The lowest BCUT2D eigenvalue weighted by atomic mass is 10.0. The number of hydrogen-bond acceptors (Lipinski definition) is 6. The SMILES string of the molecule is COc1cc2c(Nc3ccc(Br)c(Cl)c3F)ncnc2cc1OCC1CC2CNCC2C1. The number of ether oxygens (including phenoxy) is 2. The zero-order valence-corrected chi connectivity index (χ0v) is 19.8. The van der Waals surface area contributed by atoms with E-state index in [1.54, 1.807) is 19.2 Å². The van der Waals surface area contributed by atoms with Gasteiger partial charge in [-0.3, -0.25) is 0 Å². The van der Waals surface area contributed by atoms with Crippen LogP contribution in [-0.2, 0) is 0 Å². The molecular formula is C23H23BrClFN4O2. The van der Waals surface area contributed by atoms with E-state index in [-0.39, 0.29) is 10.7 Å². The van der Waals surface area contributed by atoms with E-state index in [0.29, 0.717) is 45.2 Å². The molecule has 2 aromatic carbocycles. The molecule has 0 radical (unpaired) electrons. The fraction of sp³-hybridized carbons (Fsp3) is 0.391. The zero-order chi connectivity index (χ0) is 22.2. The summed E-state index contributed by atoms with van der Waals surface area (Å²) in [5, 5.41) is 7.19. The molecule has 1 saturated heterocycles. The van der Waals surface area contributed by atoms with Gasteiger partial charge in [0.05, 0.1) is 29.9 Å². The fourth-order valence-corrected chi connectivity index (χ4v) is 5.29. The Bertz CT molecular complexity index is 1150. The summed E-state index contributed by atoms with van der Waals surface area (Å²) in [6.45, 7) is 2.91. The molecule has 2 aliphatic rings. The number of halogens is 3. The first kappa shape index (κ1) is 21.7. The summed E-state index contributed by atoms with van der Waals surface area (Å²) in [6, 6.07) is 6.94. The molecule has 2 atom stereocenters. The number of nitrogens with one attached hydrogen (secondary N) is 2. The molecule has 0 amide bonds. The molecule has 1 aliphatic heterocycles. The Hall–Kier alpha value is -2.16. The number of aromatic nitrogens is 2. The average Bonchev–Trinajstić information content (AvgIpc) is 3.39. The average molecular weight is 522 g/mol.